The van der Waals surface area contributed by atoms with Crippen LogP contribution in [0.15, 0.2) is 36.4 Å². The number of carbonyl (C=O) groups excluding carboxylic acids is 1. The highest BCUT2D eigenvalue weighted by Crippen LogP contribution is 2.34. The Morgan fingerprint density at radius 1 is 1.32 bits per heavy atom. The molecule has 1 saturated heterocycles. The molecule has 5 nitrogen and oxygen atoms in total. The molecule has 3 N–H and O–H groups in total. The Morgan fingerprint density at radius 3 is 2.71 bits per heavy atom. The second-order valence-electron chi connectivity index (χ2n) is 6.89. The monoisotopic (exact) mass is 424 g/mol. The maximum absolute atomic E-state index is 12.7. The molecule has 7 heteroatoms. The molecular weight excluding hydrogens is 399 g/mol. The van der Waals surface area contributed by atoms with Crippen LogP contribution < -0.4 is 15.8 Å². The van der Waals surface area contributed by atoms with Crippen LogP contribution in [0.3, 0.4) is 0 Å². The van der Waals surface area contributed by atoms with Crippen molar-refractivity contribution >= 4 is 35.6 Å². The van der Waals surface area contributed by atoms with E-state index in [9.17, 15) is 4.79 Å². The van der Waals surface area contributed by atoms with Crippen molar-refractivity contribution in [1.82, 2.24) is 5.32 Å². The molecule has 2 unspecified atom stereocenters. The maximum atomic E-state index is 12.7. The Morgan fingerprint density at radius 2 is 2.04 bits per heavy atom. The first kappa shape index (κ1) is 22.3. The third-order valence-corrected chi connectivity index (χ3v) is 5.27. The lowest BCUT2D eigenvalue weighted by atomic mass is 9.89. The van der Waals surface area contributed by atoms with E-state index in [2.05, 4.69) is 36.5 Å². The fourth-order valence-corrected chi connectivity index (χ4v) is 3.58. The molecule has 2 aromatic rings. The maximum Gasteiger partial charge on any atom is 0.255 e. The van der Waals surface area contributed by atoms with Crippen LogP contribution in [0.1, 0.15) is 40.4 Å². The summed E-state index contributed by atoms with van der Waals surface area (Å²) in [4.78, 5) is 12.7. The van der Waals surface area contributed by atoms with E-state index in [-0.39, 0.29) is 30.3 Å². The summed E-state index contributed by atoms with van der Waals surface area (Å²) in [5.41, 5.74) is 8.90. The van der Waals surface area contributed by atoms with Gasteiger partial charge in [0.15, 0.2) is 0 Å². The van der Waals surface area contributed by atoms with Crippen molar-refractivity contribution in [3.8, 4) is 5.75 Å². The molecule has 0 aliphatic carbocycles. The van der Waals surface area contributed by atoms with Gasteiger partial charge in [0, 0.05) is 25.1 Å². The normalized spacial score (nSPS) is 18.8. The minimum atomic E-state index is -0.234. The van der Waals surface area contributed by atoms with Crippen LogP contribution in [0.2, 0.25) is 5.02 Å². The van der Waals surface area contributed by atoms with Crippen molar-refractivity contribution in [2.75, 3.05) is 26.0 Å². The number of rotatable bonds is 5. The third-order valence-electron chi connectivity index (χ3n) is 4.94. The highest BCUT2D eigenvalue weighted by atomic mass is 35.5. The molecule has 0 saturated carbocycles. The van der Waals surface area contributed by atoms with Gasteiger partial charge in [0.25, 0.3) is 5.91 Å². The fraction of sp³-hybridized carbons (Fsp3) is 0.381. The van der Waals surface area contributed by atoms with Gasteiger partial charge in [-0.3, -0.25) is 4.79 Å². The van der Waals surface area contributed by atoms with Crippen LogP contribution >= 0.6 is 24.0 Å². The Kier molecular flexibility index (Phi) is 7.98. The lowest BCUT2D eigenvalue weighted by Crippen LogP contribution is -2.35. The summed E-state index contributed by atoms with van der Waals surface area (Å²) in [6, 6.07) is 11.5. The van der Waals surface area contributed by atoms with Crippen LogP contribution in [-0.4, -0.2) is 26.2 Å². The first-order valence-corrected chi connectivity index (χ1v) is 9.46. The second kappa shape index (κ2) is 10.0. The van der Waals surface area contributed by atoms with Gasteiger partial charge in [-0.25, -0.2) is 0 Å². The molecule has 2 atom stereocenters. The number of hydrogen-bond acceptors (Lipinski definition) is 4. The van der Waals surface area contributed by atoms with E-state index in [0.717, 1.165) is 25.0 Å². The number of methoxy groups -OCH3 is 1. The summed E-state index contributed by atoms with van der Waals surface area (Å²) >= 11 is 6.07. The highest BCUT2D eigenvalue weighted by Gasteiger charge is 2.28. The van der Waals surface area contributed by atoms with Crippen molar-refractivity contribution in [1.29, 1.82) is 0 Å². The van der Waals surface area contributed by atoms with Crippen LogP contribution in [0.5, 0.6) is 5.75 Å². The van der Waals surface area contributed by atoms with Crippen LogP contribution in [0.25, 0.3) is 0 Å². The van der Waals surface area contributed by atoms with E-state index in [4.69, 9.17) is 26.8 Å². The van der Waals surface area contributed by atoms with Gasteiger partial charge in [0.05, 0.1) is 29.5 Å². The topological polar surface area (TPSA) is 73.6 Å². The molecule has 1 aliphatic rings. The fourth-order valence-electron chi connectivity index (χ4n) is 3.41. The molecule has 2 aromatic carbocycles. The second-order valence-corrected chi connectivity index (χ2v) is 7.30. The Balaban J connectivity index is 0.00000280. The number of hydrogen-bond donors (Lipinski definition) is 2. The SMILES string of the molecule is COc1cc(N)c(Cl)cc1C(=O)NCC1CCCOC1c1ccc(C)cc1.Cl. The molecule has 152 valence electrons. The van der Waals surface area contributed by atoms with E-state index in [0.29, 0.717) is 28.6 Å². The quantitative estimate of drug-likeness (QED) is 0.689. The van der Waals surface area contributed by atoms with Gasteiger partial charge in [0.1, 0.15) is 5.75 Å². The van der Waals surface area contributed by atoms with Crippen molar-refractivity contribution in [2.24, 2.45) is 5.92 Å². The van der Waals surface area contributed by atoms with Crippen molar-refractivity contribution in [2.45, 2.75) is 25.9 Å². The van der Waals surface area contributed by atoms with Crippen LogP contribution in [-0.2, 0) is 4.74 Å². The molecule has 0 radical (unpaired) electrons. The number of carbonyl (C=O) groups is 1. The lowest BCUT2D eigenvalue weighted by Gasteiger charge is -2.32. The lowest BCUT2D eigenvalue weighted by molar-refractivity contribution is -0.0272. The van der Waals surface area contributed by atoms with Gasteiger partial charge in [-0.2, -0.15) is 0 Å². The van der Waals surface area contributed by atoms with Crippen molar-refractivity contribution in [3.05, 3.63) is 58.1 Å². The molecule has 0 bridgehead atoms. The van der Waals surface area contributed by atoms with Crippen molar-refractivity contribution in [3.63, 3.8) is 0 Å². The average Bonchev–Trinajstić information content (AvgIpc) is 2.68. The number of halogens is 2. The number of anilines is 1. The summed E-state index contributed by atoms with van der Waals surface area (Å²) in [7, 11) is 1.50. The number of nitrogens with one attached hydrogen (secondary N) is 1. The van der Waals surface area contributed by atoms with E-state index in [1.54, 1.807) is 12.1 Å². The first-order valence-electron chi connectivity index (χ1n) is 9.09. The molecule has 1 amide bonds. The number of benzene rings is 2. The van der Waals surface area contributed by atoms with Gasteiger partial charge in [-0.1, -0.05) is 41.4 Å². The largest absolute Gasteiger partial charge is 0.496 e. The van der Waals surface area contributed by atoms with Crippen LogP contribution in [0.4, 0.5) is 5.69 Å². The minimum absolute atomic E-state index is 0. The predicted octanol–water partition coefficient (Wildman–Crippen LogP) is 4.56. The minimum Gasteiger partial charge on any atom is -0.496 e. The summed E-state index contributed by atoms with van der Waals surface area (Å²) < 4.78 is 11.3. The Bertz CT molecular complexity index is 812. The van der Waals surface area contributed by atoms with Gasteiger partial charge >= 0.3 is 0 Å². The molecule has 0 spiro atoms. The summed E-state index contributed by atoms with van der Waals surface area (Å²) in [5, 5.41) is 3.34. The molecule has 28 heavy (non-hydrogen) atoms. The average molecular weight is 425 g/mol. The number of aryl methyl sites for hydroxylation is 1. The summed E-state index contributed by atoms with van der Waals surface area (Å²) in [5.74, 6) is 0.381. The number of amides is 1. The van der Waals surface area contributed by atoms with Gasteiger partial charge < -0.3 is 20.5 Å². The van der Waals surface area contributed by atoms with E-state index in [1.807, 2.05) is 0 Å². The molecule has 1 heterocycles. The predicted molar refractivity (Wildman–Crippen MR) is 115 cm³/mol. The first-order chi connectivity index (χ1) is 13.0. The van der Waals surface area contributed by atoms with Crippen molar-refractivity contribution < 1.29 is 14.3 Å². The Hall–Kier alpha value is -1.95. The molecule has 1 aliphatic heterocycles. The van der Waals surface area contributed by atoms with Crippen LogP contribution in [0, 0.1) is 12.8 Å². The zero-order valence-corrected chi connectivity index (χ0v) is 17.6. The van der Waals surface area contributed by atoms with E-state index >= 15 is 0 Å². The molecular formula is C21H26Cl2N2O3. The molecule has 0 aromatic heterocycles. The summed E-state index contributed by atoms with van der Waals surface area (Å²) in [6.45, 7) is 3.32. The number of nitrogens with two attached hydrogens (primary N) is 1. The number of nitrogen functional groups attached to an aromatic ring is 1. The third kappa shape index (κ3) is 5.10. The highest BCUT2D eigenvalue weighted by molar-refractivity contribution is 6.33. The number of ether oxygens (including phenoxy) is 2. The summed E-state index contributed by atoms with van der Waals surface area (Å²) in [6.07, 6.45) is 1.97. The zero-order chi connectivity index (χ0) is 19.4. The van der Waals surface area contributed by atoms with Gasteiger partial charge in [0.2, 0.25) is 0 Å². The smallest absolute Gasteiger partial charge is 0.255 e. The zero-order valence-electron chi connectivity index (χ0n) is 16.0. The van der Waals surface area contributed by atoms with E-state index < -0.39 is 0 Å². The van der Waals surface area contributed by atoms with Gasteiger partial charge in [-0.05, 0) is 31.4 Å². The van der Waals surface area contributed by atoms with E-state index in [1.165, 1.54) is 12.7 Å². The Labute approximate surface area is 177 Å². The molecule has 3 rings (SSSR count). The van der Waals surface area contributed by atoms with Gasteiger partial charge in [-0.15, -0.1) is 12.4 Å². The molecule has 1 fully saturated rings. The standard InChI is InChI=1S/C21H25ClN2O3.ClH/c1-13-5-7-14(8-6-13)20-15(4-3-9-27-20)12-24-21(25)16-10-17(22)18(23)11-19(16)26-2;/h5-8,10-11,15,20H,3-4,9,12,23H2,1-2H3,(H,24,25);1H.